The third-order valence-electron chi connectivity index (χ3n) is 2.46. The summed E-state index contributed by atoms with van der Waals surface area (Å²) in [5, 5.41) is 0. The zero-order chi connectivity index (χ0) is 8.39. The fourth-order valence-electron chi connectivity index (χ4n) is 1.77. The van der Waals surface area contributed by atoms with Crippen LogP contribution in [-0.4, -0.2) is 17.6 Å². The van der Waals surface area contributed by atoms with Crippen LogP contribution in [0.2, 0.25) is 0 Å². The van der Waals surface area contributed by atoms with E-state index < -0.39 is 0 Å². The van der Waals surface area contributed by atoms with E-state index >= 15 is 0 Å². The summed E-state index contributed by atoms with van der Waals surface area (Å²) in [6.45, 7) is 3.41. The Morgan fingerprint density at radius 3 is 3.17 bits per heavy atom. The molecule has 1 aliphatic heterocycles. The average molecular weight is 161 g/mol. The average Bonchev–Trinajstić information content (AvgIpc) is 2.53. The minimum Gasteiger partial charge on any atom is -0.367 e. The molecule has 0 amide bonds. The topological polar surface area (TPSA) is 16.1 Å². The van der Waals surface area contributed by atoms with Gasteiger partial charge in [-0.05, 0) is 31.9 Å². The minimum absolute atomic E-state index is 0.658. The normalized spacial score (nSPS) is 23.1. The van der Waals surface area contributed by atoms with Gasteiger partial charge < -0.3 is 4.90 Å². The molecule has 63 valence electrons. The monoisotopic (exact) mass is 161 g/mol. The number of hydrogen-bond donors (Lipinski definition) is 0. The van der Waals surface area contributed by atoms with E-state index in [-0.39, 0.29) is 0 Å². The highest BCUT2D eigenvalue weighted by atomic mass is 15.2. The lowest BCUT2D eigenvalue weighted by Gasteiger charge is -2.22. The second-order valence-electron chi connectivity index (χ2n) is 3.32. The summed E-state index contributed by atoms with van der Waals surface area (Å²) in [4.78, 5) is 6.37. The van der Waals surface area contributed by atoms with Gasteiger partial charge in [-0.3, -0.25) is 4.98 Å². The van der Waals surface area contributed by atoms with Gasteiger partial charge in [0.15, 0.2) is 0 Å². The lowest BCUT2D eigenvalue weighted by Crippen LogP contribution is -2.26. The summed E-state index contributed by atoms with van der Waals surface area (Å²) in [5.41, 5.74) is 1.14. The molecule has 0 bridgehead atoms. The van der Waals surface area contributed by atoms with E-state index in [1.807, 2.05) is 6.07 Å². The highest BCUT2D eigenvalue weighted by molar-refractivity contribution is 5.44. The van der Waals surface area contributed by atoms with Crippen LogP contribution >= 0.6 is 0 Å². The zero-order valence-electron chi connectivity index (χ0n) is 7.33. The van der Waals surface area contributed by atoms with Gasteiger partial charge in [0, 0.05) is 18.8 Å². The Balaban J connectivity index is 2.19. The largest absolute Gasteiger partial charge is 0.367 e. The van der Waals surface area contributed by atoms with Crippen LogP contribution in [0.15, 0.2) is 18.3 Å². The Morgan fingerprint density at radius 1 is 1.67 bits per heavy atom. The van der Waals surface area contributed by atoms with E-state index in [2.05, 4.69) is 29.1 Å². The van der Waals surface area contributed by atoms with Crippen LogP contribution in [0.4, 0.5) is 5.69 Å². The Labute approximate surface area is 73.2 Å². The predicted molar refractivity (Wildman–Crippen MR) is 49.1 cm³/mol. The fourth-order valence-corrected chi connectivity index (χ4v) is 1.77. The molecule has 1 radical (unpaired) electrons. The van der Waals surface area contributed by atoms with Crippen LogP contribution in [0.5, 0.6) is 0 Å². The Bertz CT molecular complexity index is 245. The quantitative estimate of drug-likeness (QED) is 0.625. The van der Waals surface area contributed by atoms with Gasteiger partial charge in [-0.2, -0.15) is 0 Å². The van der Waals surface area contributed by atoms with Gasteiger partial charge in [-0.15, -0.1) is 0 Å². The van der Waals surface area contributed by atoms with Gasteiger partial charge in [-0.1, -0.05) is 0 Å². The number of anilines is 1. The smallest absolute Gasteiger partial charge is 0.114 e. The van der Waals surface area contributed by atoms with Crippen molar-refractivity contribution in [1.82, 2.24) is 4.98 Å². The third-order valence-corrected chi connectivity index (χ3v) is 2.46. The van der Waals surface area contributed by atoms with Crippen LogP contribution in [0.25, 0.3) is 0 Å². The maximum Gasteiger partial charge on any atom is 0.114 e. The zero-order valence-corrected chi connectivity index (χ0v) is 7.33. The third kappa shape index (κ3) is 1.29. The molecule has 0 spiro atoms. The molecule has 2 heterocycles. The number of aromatic nitrogens is 1. The first-order chi connectivity index (χ1) is 5.88. The molecule has 0 saturated carbocycles. The fraction of sp³-hybridized carbons (Fsp3) is 0.500. The second kappa shape index (κ2) is 3.13. The maximum absolute atomic E-state index is 4.00. The van der Waals surface area contributed by atoms with Crippen molar-refractivity contribution in [2.24, 2.45) is 0 Å². The van der Waals surface area contributed by atoms with Gasteiger partial charge in [0.2, 0.25) is 0 Å². The molecule has 1 aliphatic rings. The number of nitrogens with zero attached hydrogens (tertiary/aromatic N) is 2. The van der Waals surface area contributed by atoms with Crippen LogP contribution < -0.4 is 4.90 Å². The molecule has 0 aromatic carbocycles. The van der Waals surface area contributed by atoms with E-state index in [0.29, 0.717) is 6.04 Å². The van der Waals surface area contributed by atoms with Crippen molar-refractivity contribution in [2.75, 3.05) is 11.4 Å². The van der Waals surface area contributed by atoms with Crippen LogP contribution in [0.3, 0.4) is 0 Å². The molecule has 1 saturated heterocycles. The molecule has 0 N–H and O–H groups in total. The molecule has 2 nitrogen and oxygen atoms in total. The molecule has 1 fully saturated rings. The molecular weight excluding hydrogens is 148 g/mol. The molecule has 0 aliphatic carbocycles. The Morgan fingerprint density at radius 2 is 2.58 bits per heavy atom. The molecule has 1 atom stereocenters. The molecule has 2 rings (SSSR count). The summed E-state index contributed by atoms with van der Waals surface area (Å²) in [6, 6.07) is 4.71. The van der Waals surface area contributed by atoms with Crippen molar-refractivity contribution in [2.45, 2.75) is 25.8 Å². The highest BCUT2D eigenvalue weighted by Crippen LogP contribution is 2.23. The van der Waals surface area contributed by atoms with Gasteiger partial charge >= 0.3 is 0 Å². The molecule has 1 unspecified atom stereocenters. The summed E-state index contributed by atoms with van der Waals surface area (Å²) in [7, 11) is 0. The molecule has 2 heteroatoms. The van der Waals surface area contributed by atoms with Gasteiger partial charge in [-0.25, -0.2) is 0 Å². The molecule has 1 aromatic rings. The van der Waals surface area contributed by atoms with Crippen LogP contribution in [-0.2, 0) is 0 Å². The summed E-state index contributed by atoms with van der Waals surface area (Å²) in [5.74, 6) is 0. The molecule has 1 aromatic heterocycles. The summed E-state index contributed by atoms with van der Waals surface area (Å²) < 4.78 is 0. The molecule has 12 heavy (non-hydrogen) atoms. The lowest BCUT2D eigenvalue weighted by molar-refractivity contribution is 0.733. The van der Waals surface area contributed by atoms with Crippen molar-refractivity contribution in [3.63, 3.8) is 0 Å². The first kappa shape index (κ1) is 7.59. The van der Waals surface area contributed by atoms with Crippen molar-refractivity contribution in [3.8, 4) is 0 Å². The molecular formula is C10H13N2. The highest BCUT2D eigenvalue weighted by Gasteiger charge is 2.20. The van der Waals surface area contributed by atoms with Gasteiger partial charge in [0.25, 0.3) is 0 Å². The van der Waals surface area contributed by atoms with E-state index in [9.17, 15) is 0 Å². The minimum atomic E-state index is 0.658. The van der Waals surface area contributed by atoms with E-state index in [1.165, 1.54) is 12.8 Å². The Kier molecular flexibility index (Phi) is 1.98. The van der Waals surface area contributed by atoms with Crippen LogP contribution in [0, 0.1) is 6.20 Å². The van der Waals surface area contributed by atoms with Crippen molar-refractivity contribution in [3.05, 3.63) is 24.5 Å². The van der Waals surface area contributed by atoms with E-state index in [0.717, 1.165) is 12.2 Å². The first-order valence-electron chi connectivity index (χ1n) is 4.47. The summed E-state index contributed by atoms with van der Waals surface area (Å²) in [6.07, 6.45) is 7.37. The van der Waals surface area contributed by atoms with Crippen molar-refractivity contribution >= 4 is 5.69 Å². The van der Waals surface area contributed by atoms with E-state index in [1.54, 1.807) is 6.20 Å². The van der Waals surface area contributed by atoms with Crippen LogP contribution in [0.1, 0.15) is 19.8 Å². The van der Waals surface area contributed by atoms with Gasteiger partial charge in [0.05, 0.1) is 5.69 Å². The number of hydrogen-bond acceptors (Lipinski definition) is 2. The lowest BCUT2D eigenvalue weighted by atomic mass is 10.2. The second-order valence-corrected chi connectivity index (χ2v) is 3.32. The van der Waals surface area contributed by atoms with Gasteiger partial charge in [0.1, 0.15) is 6.20 Å². The maximum atomic E-state index is 4.00. The van der Waals surface area contributed by atoms with Crippen molar-refractivity contribution < 1.29 is 0 Å². The first-order valence-corrected chi connectivity index (χ1v) is 4.47. The number of rotatable bonds is 1. The summed E-state index contributed by atoms with van der Waals surface area (Å²) >= 11 is 0. The van der Waals surface area contributed by atoms with E-state index in [4.69, 9.17) is 0 Å². The Hall–Kier alpha value is -1.05. The predicted octanol–water partition coefficient (Wildman–Crippen LogP) is 1.87. The standard InChI is InChI=1S/C10H13N2/c1-9-4-3-7-12(9)10-5-2-6-11-8-10/h2,5-6,9H,3-4,7H2,1H3. The van der Waals surface area contributed by atoms with Crippen molar-refractivity contribution in [1.29, 1.82) is 0 Å². The SMILES string of the molecule is CC1CCCN1c1[c]nccc1. The number of pyridine rings is 1.